The number of aryl methyl sites for hydroxylation is 1. The molecule has 0 amide bonds. The van der Waals surface area contributed by atoms with Crippen LogP contribution in [0.25, 0.3) is 0 Å². The number of hydrogen-bond acceptors (Lipinski definition) is 4. The molecule has 5 nitrogen and oxygen atoms in total. The molecule has 2 aromatic rings. The monoisotopic (exact) mass is 359 g/mol. The minimum absolute atomic E-state index is 0.220. The quantitative estimate of drug-likeness (QED) is 0.833. The van der Waals surface area contributed by atoms with E-state index in [2.05, 4.69) is 4.72 Å². The third-order valence-electron chi connectivity index (χ3n) is 4.36. The number of hydrogen-bond donors (Lipinski definition) is 1. The Kier molecular flexibility index (Phi) is 5.20. The van der Waals surface area contributed by atoms with Crippen molar-refractivity contribution in [2.75, 3.05) is 0 Å². The molecule has 1 aliphatic carbocycles. The normalized spacial score (nSPS) is 20.4. The molecule has 0 heterocycles. The number of benzene rings is 2. The second-order valence-electron chi connectivity index (χ2n) is 6.28. The summed E-state index contributed by atoms with van der Waals surface area (Å²) in [6, 6.07) is 15.0. The van der Waals surface area contributed by atoms with Crippen LogP contribution >= 0.6 is 0 Å². The predicted molar refractivity (Wildman–Crippen MR) is 94.8 cm³/mol. The lowest BCUT2D eigenvalue weighted by Gasteiger charge is -2.21. The molecular weight excluding hydrogens is 338 g/mol. The summed E-state index contributed by atoms with van der Waals surface area (Å²) in [5, 5.41) is 0. The molecule has 132 valence electrons. The summed E-state index contributed by atoms with van der Waals surface area (Å²) in [5.74, 6) is -0.424. The van der Waals surface area contributed by atoms with Gasteiger partial charge in [-0.3, -0.25) is 0 Å². The van der Waals surface area contributed by atoms with E-state index in [1.807, 2.05) is 13.0 Å². The number of carbonyl (C=O) groups is 1. The zero-order valence-corrected chi connectivity index (χ0v) is 14.8. The van der Waals surface area contributed by atoms with E-state index in [-0.39, 0.29) is 4.90 Å². The molecule has 0 spiro atoms. The lowest BCUT2D eigenvalue weighted by molar-refractivity contribution is 0.0271. The fourth-order valence-electron chi connectivity index (χ4n) is 2.97. The van der Waals surface area contributed by atoms with Gasteiger partial charge >= 0.3 is 5.97 Å². The maximum atomic E-state index is 12.5. The van der Waals surface area contributed by atoms with E-state index < -0.39 is 28.1 Å². The summed E-state index contributed by atoms with van der Waals surface area (Å²) >= 11 is 0. The molecule has 0 bridgehead atoms. The van der Waals surface area contributed by atoms with Crippen LogP contribution < -0.4 is 4.72 Å². The molecule has 0 radical (unpaired) electrons. The number of sulfonamides is 1. The zero-order chi connectivity index (χ0) is 17.9. The molecule has 0 aromatic heterocycles. The van der Waals surface area contributed by atoms with Gasteiger partial charge in [0.1, 0.15) is 6.10 Å². The maximum absolute atomic E-state index is 12.5. The first-order valence-electron chi connectivity index (χ1n) is 8.31. The molecule has 2 atom stereocenters. The Labute approximate surface area is 148 Å². The summed E-state index contributed by atoms with van der Waals surface area (Å²) in [5.41, 5.74) is 1.46. The molecule has 3 rings (SSSR count). The van der Waals surface area contributed by atoms with Crippen molar-refractivity contribution in [3.63, 3.8) is 0 Å². The minimum Gasteiger partial charge on any atom is -0.457 e. The van der Waals surface area contributed by atoms with Crippen LogP contribution in [0.4, 0.5) is 0 Å². The van der Waals surface area contributed by atoms with Crippen molar-refractivity contribution in [2.45, 2.75) is 43.2 Å². The third kappa shape index (κ3) is 4.27. The van der Waals surface area contributed by atoms with Crippen LogP contribution in [0.3, 0.4) is 0 Å². The highest BCUT2D eigenvalue weighted by Gasteiger charge is 2.34. The average molecular weight is 359 g/mol. The van der Waals surface area contributed by atoms with Gasteiger partial charge in [-0.15, -0.1) is 0 Å². The van der Waals surface area contributed by atoms with Crippen molar-refractivity contribution in [3.8, 4) is 0 Å². The molecule has 0 saturated heterocycles. The van der Waals surface area contributed by atoms with E-state index in [0.717, 1.165) is 12.0 Å². The highest BCUT2D eigenvalue weighted by molar-refractivity contribution is 7.89. The van der Waals surface area contributed by atoms with Crippen LogP contribution in [0.1, 0.15) is 35.2 Å². The fourth-order valence-corrected chi connectivity index (χ4v) is 4.27. The average Bonchev–Trinajstić information content (AvgIpc) is 3.02. The van der Waals surface area contributed by atoms with Crippen molar-refractivity contribution < 1.29 is 17.9 Å². The van der Waals surface area contributed by atoms with Gasteiger partial charge < -0.3 is 4.74 Å². The largest absolute Gasteiger partial charge is 0.457 e. The van der Waals surface area contributed by atoms with Crippen LogP contribution in [0, 0.1) is 6.92 Å². The molecule has 2 aromatic carbocycles. The Morgan fingerprint density at radius 1 is 1.04 bits per heavy atom. The van der Waals surface area contributed by atoms with Gasteiger partial charge in [0.05, 0.1) is 16.5 Å². The second-order valence-corrected chi connectivity index (χ2v) is 8.00. The highest BCUT2D eigenvalue weighted by atomic mass is 32.2. The van der Waals surface area contributed by atoms with E-state index >= 15 is 0 Å². The predicted octanol–water partition coefficient (Wildman–Crippen LogP) is 3.05. The number of carbonyl (C=O) groups excluding carboxylic acids is 1. The Hall–Kier alpha value is -2.18. The van der Waals surface area contributed by atoms with Crippen molar-refractivity contribution in [3.05, 3.63) is 65.7 Å². The van der Waals surface area contributed by atoms with Crippen LogP contribution in [0.2, 0.25) is 0 Å². The first kappa shape index (κ1) is 17.6. The Balaban J connectivity index is 1.69. The van der Waals surface area contributed by atoms with Crippen molar-refractivity contribution >= 4 is 16.0 Å². The van der Waals surface area contributed by atoms with Crippen molar-refractivity contribution in [1.29, 1.82) is 0 Å². The molecule has 1 saturated carbocycles. The second kappa shape index (κ2) is 7.37. The van der Waals surface area contributed by atoms with Gasteiger partial charge in [0.15, 0.2) is 0 Å². The van der Waals surface area contributed by atoms with E-state index in [1.165, 1.54) is 0 Å². The minimum atomic E-state index is -3.64. The summed E-state index contributed by atoms with van der Waals surface area (Å²) < 4.78 is 33.3. The standard InChI is InChI=1S/C19H21NO4S/c1-14-10-12-16(13-11-14)25(22,23)20-17-8-5-9-18(17)24-19(21)15-6-3-2-4-7-15/h2-4,6-7,10-13,17-18,20H,5,8-9H2,1H3. The fraction of sp³-hybridized carbons (Fsp3) is 0.316. The van der Waals surface area contributed by atoms with Crippen LogP contribution in [-0.2, 0) is 14.8 Å². The van der Waals surface area contributed by atoms with Crippen LogP contribution in [0.5, 0.6) is 0 Å². The topological polar surface area (TPSA) is 72.5 Å². The van der Waals surface area contributed by atoms with Gasteiger partial charge in [0.2, 0.25) is 10.0 Å². The van der Waals surface area contributed by atoms with Crippen molar-refractivity contribution in [2.24, 2.45) is 0 Å². The maximum Gasteiger partial charge on any atom is 0.338 e. The van der Waals surface area contributed by atoms with E-state index in [0.29, 0.717) is 18.4 Å². The van der Waals surface area contributed by atoms with E-state index in [9.17, 15) is 13.2 Å². The van der Waals surface area contributed by atoms with Gasteiger partial charge in [-0.2, -0.15) is 0 Å². The SMILES string of the molecule is Cc1ccc(S(=O)(=O)NC2CCCC2OC(=O)c2ccccc2)cc1. The lowest BCUT2D eigenvalue weighted by Crippen LogP contribution is -2.41. The van der Waals surface area contributed by atoms with Gasteiger partial charge in [-0.05, 0) is 50.5 Å². The summed E-state index contributed by atoms with van der Waals surface area (Å²) in [6.45, 7) is 1.90. The molecule has 25 heavy (non-hydrogen) atoms. The first-order chi connectivity index (χ1) is 12.0. The van der Waals surface area contributed by atoms with E-state index in [1.54, 1.807) is 48.5 Å². The molecular formula is C19H21NO4S. The van der Waals surface area contributed by atoms with Crippen LogP contribution in [0.15, 0.2) is 59.5 Å². The van der Waals surface area contributed by atoms with Gasteiger partial charge in [0, 0.05) is 0 Å². The molecule has 0 aliphatic heterocycles. The molecule has 2 unspecified atom stereocenters. The Morgan fingerprint density at radius 2 is 1.72 bits per heavy atom. The van der Waals surface area contributed by atoms with Crippen LogP contribution in [-0.4, -0.2) is 26.5 Å². The number of ether oxygens (including phenoxy) is 1. The third-order valence-corrected chi connectivity index (χ3v) is 5.86. The lowest BCUT2D eigenvalue weighted by atomic mass is 10.2. The van der Waals surface area contributed by atoms with Gasteiger partial charge in [-0.25, -0.2) is 17.9 Å². The Morgan fingerprint density at radius 3 is 2.40 bits per heavy atom. The van der Waals surface area contributed by atoms with Crippen molar-refractivity contribution in [1.82, 2.24) is 4.72 Å². The smallest absolute Gasteiger partial charge is 0.338 e. The number of esters is 1. The first-order valence-corrected chi connectivity index (χ1v) is 9.79. The van der Waals surface area contributed by atoms with Gasteiger partial charge in [-0.1, -0.05) is 35.9 Å². The highest BCUT2D eigenvalue weighted by Crippen LogP contribution is 2.25. The molecule has 1 aliphatic rings. The summed E-state index contributed by atoms with van der Waals surface area (Å²) in [7, 11) is -3.64. The zero-order valence-electron chi connectivity index (χ0n) is 14.0. The molecule has 1 N–H and O–H groups in total. The molecule has 1 fully saturated rings. The summed E-state index contributed by atoms with van der Waals surface area (Å²) in [6.07, 6.45) is 1.67. The van der Waals surface area contributed by atoms with E-state index in [4.69, 9.17) is 4.74 Å². The van der Waals surface area contributed by atoms with Gasteiger partial charge in [0.25, 0.3) is 0 Å². The summed E-state index contributed by atoms with van der Waals surface area (Å²) in [4.78, 5) is 12.4. The number of nitrogens with one attached hydrogen (secondary N) is 1. The molecule has 6 heteroatoms. The Bertz CT molecular complexity index is 831. The number of rotatable bonds is 5.